The lowest BCUT2D eigenvalue weighted by Gasteiger charge is -2.24. The average molecular weight is 404 g/mol. The zero-order chi connectivity index (χ0) is 21.4. The molecule has 0 aliphatic carbocycles. The number of unbranched alkanes of at least 4 members (excludes halogenated alkanes) is 1. The molecule has 156 valence electrons. The minimum absolute atomic E-state index is 0.0470. The van der Waals surface area contributed by atoms with Crippen molar-refractivity contribution in [3.05, 3.63) is 45.1 Å². The zero-order valence-electron chi connectivity index (χ0n) is 16.4. The van der Waals surface area contributed by atoms with Crippen LogP contribution in [0.5, 0.6) is 0 Å². The number of carbonyl (C=O) groups is 2. The molecule has 0 atom stereocenters. The average Bonchev–Trinajstić information content (AvgIpc) is 2.71. The summed E-state index contributed by atoms with van der Waals surface area (Å²) in [6, 6.07) is 0. The summed E-state index contributed by atoms with van der Waals surface area (Å²) in [5.74, 6) is -1.57. The molecular formula is C18H24N6O5. The highest BCUT2D eigenvalue weighted by Gasteiger charge is 2.25. The lowest BCUT2D eigenvalue weighted by atomic mass is 10.2. The molecule has 2 rings (SSSR count). The predicted octanol–water partition coefficient (Wildman–Crippen LogP) is 0.309. The molecule has 11 nitrogen and oxygen atoms in total. The Kier molecular flexibility index (Phi) is 7.63. The van der Waals surface area contributed by atoms with Crippen LogP contribution < -0.4 is 21.9 Å². The lowest BCUT2D eigenvalue weighted by molar-refractivity contribution is -0.121. The number of H-pyrrole nitrogens is 1. The predicted molar refractivity (Wildman–Crippen MR) is 106 cm³/mol. The van der Waals surface area contributed by atoms with Crippen molar-refractivity contribution >= 4 is 23.4 Å². The molecule has 2 heterocycles. The zero-order valence-corrected chi connectivity index (χ0v) is 16.4. The van der Waals surface area contributed by atoms with Gasteiger partial charge in [-0.05, 0) is 12.8 Å². The first-order valence-electron chi connectivity index (χ1n) is 9.26. The van der Waals surface area contributed by atoms with Crippen LogP contribution in [0.2, 0.25) is 0 Å². The van der Waals surface area contributed by atoms with E-state index in [4.69, 9.17) is 10.5 Å². The van der Waals surface area contributed by atoms with E-state index in [2.05, 4.69) is 15.0 Å². The van der Waals surface area contributed by atoms with Crippen molar-refractivity contribution in [2.75, 3.05) is 23.8 Å². The number of aromatic amines is 1. The van der Waals surface area contributed by atoms with Gasteiger partial charge in [-0.25, -0.2) is 14.6 Å². The summed E-state index contributed by atoms with van der Waals surface area (Å²) >= 11 is 0. The largest absolute Gasteiger partial charge is 0.451 e. The Morgan fingerprint density at radius 3 is 2.62 bits per heavy atom. The third-order valence-corrected chi connectivity index (χ3v) is 4.07. The van der Waals surface area contributed by atoms with Gasteiger partial charge in [-0.3, -0.25) is 24.1 Å². The van der Waals surface area contributed by atoms with Crippen molar-refractivity contribution in [3.63, 3.8) is 0 Å². The van der Waals surface area contributed by atoms with Crippen molar-refractivity contribution in [2.24, 2.45) is 0 Å². The van der Waals surface area contributed by atoms with Crippen LogP contribution in [-0.2, 0) is 16.1 Å². The van der Waals surface area contributed by atoms with Gasteiger partial charge in [0, 0.05) is 25.5 Å². The molecule has 3 N–H and O–H groups in total. The molecule has 0 fully saturated rings. The number of nitrogens with one attached hydrogen (secondary N) is 1. The monoisotopic (exact) mass is 404 g/mol. The molecule has 0 radical (unpaired) electrons. The summed E-state index contributed by atoms with van der Waals surface area (Å²) in [7, 11) is 0. The van der Waals surface area contributed by atoms with Crippen LogP contribution in [0.4, 0.5) is 11.5 Å². The molecule has 0 aliphatic heterocycles. The van der Waals surface area contributed by atoms with Gasteiger partial charge < -0.3 is 15.4 Å². The molecule has 0 bridgehead atoms. The Hall–Kier alpha value is -3.50. The molecule has 29 heavy (non-hydrogen) atoms. The second-order valence-electron chi connectivity index (χ2n) is 6.21. The highest BCUT2D eigenvalue weighted by atomic mass is 16.5. The van der Waals surface area contributed by atoms with Crippen LogP contribution >= 0.6 is 0 Å². The number of aromatic nitrogens is 4. The van der Waals surface area contributed by atoms with E-state index in [1.165, 1.54) is 23.2 Å². The van der Waals surface area contributed by atoms with Crippen molar-refractivity contribution in [1.82, 2.24) is 19.5 Å². The van der Waals surface area contributed by atoms with Crippen molar-refractivity contribution in [1.29, 1.82) is 0 Å². The minimum atomic E-state index is -0.820. The number of nitrogens with two attached hydrogens (primary N) is 1. The molecular weight excluding hydrogens is 380 g/mol. The quantitative estimate of drug-likeness (QED) is 0.566. The van der Waals surface area contributed by atoms with Gasteiger partial charge in [-0.2, -0.15) is 0 Å². The number of hydrogen-bond acceptors (Lipinski definition) is 8. The number of nitrogens with zero attached hydrogens (tertiary/aromatic N) is 4. The summed E-state index contributed by atoms with van der Waals surface area (Å²) in [6.45, 7) is 3.61. The Bertz CT molecular complexity index is 969. The van der Waals surface area contributed by atoms with E-state index in [1.54, 1.807) is 0 Å². The number of amides is 1. The molecule has 0 saturated heterocycles. The van der Waals surface area contributed by atoms with E-state index >= 15 is 0 Å². The fourth-order valence-corrected chi connectivity index (χ4v) is 2.64. The number of esters is 1. The van der Waals surface area contributed by atoms with E-state index in [1.807, 2.05) is 13.8 Å². The molecule has 0 spiro atoms. The fourth-order valence-electron chi connectivity index (χ4n) is 2.64. The van der Waals surface area contributed by atoms with E-state index < -0.39 is 29.7 Å². The van der Waals surface area contributed by atoms with Crippen LogP contribution in [0, 0.1) is 0 Å². The first-order chi connectivity index (χ1) is 13.9. The molecule has 0 aromatic carbocycles. The second kappa shape index (κ2) is 10.2. The normalized spacial score (nSPS) is 10.6. The molecule has 0 saturated carbocycles. The van der Waals surface area contributed by atoms with E-state index in [0.717, 1.165) is 11.3 Å². The van der Waals surface area contributed by atoms with Crippen LogP contribution in [-0.4, -0.2) is 44.5 Å². The topological polar surface area (TPSA) is 153 Å². The summed E-state index contributed by atoms with van der Waals surface area (Å²) in [5, 5.41) is 0. The standard InChI is InChI=1S/C18H24N6O5/c1-3-5-9-23(13(25)11-29-17(27)12-10-20-6-7-21-12)14-15(19)24(8-4-2)18(28)22-16(14)26/h6-7,10H,3-5,8-9,11,19H2,1-2H3,(H,22,26,28). The summed E-state index contributed by atoms with van der Waals surface area (Å²) in [6.07, 6.45) is 5.86. The van der Waals surface area contributed by atoms with Crippen molar-refractivity contribution in [3.8, 4) is 0 Å². The highest BCUT2D eigenvalue weighted by molar-refractivity contribution is 5.98. The van der Waals surface area contributed by atoms with Crippen molar-refractivity contribution < 1.29 is 14.3 Å². The van der Waals surface area contributed by atoms with Gasteiger partial charge in [0.15, 0.2) is 18.0 Å². The van der Waals surface area contributed by atoms with Gasteiger partial charge in [-0.1, -0.05) is 20.3 Å². The second-order valence-corrected chi connectivity index (χ2v) is 6.21. The Balaban J connectivity index is 2.30. The van der Waals surface area contributed by atoms with Crippen molar-refractivity contribution in [2.45, 2.75) is 39.7 Å². The van der Waals surface area contributed by atoms with E-state index in [9.17, 15) is 19.2 Å². The third-order valence-electron chi connectivity index (χ3n) is 4.07. The fraction of sp³-hybridized carbons (Fsp3) is 0.444. The first kappa shape index (κ1) is 21.8. The number of rotatable bonds is 9. The molecule has 0 unspecified atom stereocenters. The smallest absolute Gasteiger partial charge is 0.359 e. The summed E-state index contributed by atoms with van der Waals surface area (Å²) < 4.78 is 6.20. The Labute approximate surface area is 166 Å². The third kappa shape index (κ3) is 5.27. The Morgan fingerprint density at radius 1 is 1.24 bits per heavy atom. The van der Waals surface area contributed by atoms with Crippen LogP contribution in [0.1, 0.15) is 43.6 Å². The number of hydrogen-bond donors (Lipinski definition) is 2. The SMILES string of the molecule is CCCCN(C(=O)COC(=O)c1cnccn1)c1c(N)n(CCC)c(=O)[nH]c1=O. The highest BCUT2D eigenvalue weighted by Crippen LogP contribution is 2.18. The summed E-state index contributed by atoms with van der Waals surface area (Å²) in [5.41, 5.74) is 4.46. The van der Waals surface area contributed by atoms with Crippen LogP contribution in [0.15, 0.2) is 28.2 Å². The molecule has 2 aromatic heterocycles. The Morgan fingerprint density at radius 2 is 2.00 bits per heavy atom. The maximum Gasteiger partial charge on any atom is 0.359 e. The minimum Gasteiger partial charge on any atom is -0.451 e. The maximum absolute atomic E-state index is 12.8. The summed E-state index contributed by atoms with van der Waals surface area (Å²) in [4.78, 5) is 60.1. The van der Waals surface area contributed by atoms with Gasteiger partial charge in [-0.15, -0.1) is 0 Å². The molecule has 1 amide bonds. The molecule has 0 aliphatic rings. The number of anilines is 2. The number of ether oxygens (including phenoxy) is 1. The first-order valence-corrected chi connectivity index (χ1v) is 9.26. The number of carbonyl (C=O) groups excluding carboxylic acids is 2. The van der Waals surface area contributed by atoms with Crippen LogP contribution in [0.3, 0.4) is 0 Å². The lowest BCUT2D eigenvalue weighted by Crippen LogP contribution is -2.43. The molecule has 11 heteroatoms. The van der Waals surface area contributed by atoms with Gasteiger partial charge in [0.1, 0.15) is 5.82 Å². The number of nitrogen functional groups attached to an aromatic ring is 1. The van der Waals surface area contributed by atoms with Gasteiger partial charge in [0.05, 0.1) is 6.20 Å². The van der Waals surface area contributed by atoms with E-state index in [0.29, 0.717) is 12.8 Å². The molecule has 2 aromatic rings. The van der Waals surface area contributed by atoms with Crippen LogP contribution in [0.25, 0.3) is 0 Å². The maximum atomic E-state index is 12.8. The van der Waals surface area contributed by atoms with Gasteiger partial charge >= 0.3 is 11.7 Å². The van der Waals surface area contributed by atoms with Gasteiger partial charge in [0.25, 0.3) is 11.5 Å². The van der Waals surface area contributed by atoms with E-state index in [-0.39, 0.29) is 30.3 Å². The van der Waals surface area contributed by atoms with Gasteiger partial charge in [0.2, 0.25) is 0 Å².